The molecule has 1 aromatic carbocycles. The van der Waals surface area contributed by atoms with Crippen molar-refractivity contribution < 1.29 is 13.2 Å². The zero-order valence-corrected chi connectivity index (χ0v) is 10.3. The van der Waals surface area contributed by atoms with Crippen molar-refractivity contribution in [3.8, 4) is 0 Å². The van der Waals surface area contributed by atoms with Crippen molar-refractivity contribution in [2.75, 3.05) is 23.7 Å². The van der Waals surface area contributed by atoms with E-state index in [9.17, 15) is 13.2 Å². The number of nitrogens with two attached hydrogens (primary N) is 1. The van der Waals surface area contributed by atoms with Crippen molar-refractivity contribution in [1.29, 1.82) is 0 Å². The van der Waals surface area contributed by atoms with Crippen LogP contribution in [0.4, 0.5) is 24.5 Å². The van der Waals surface area contributed by atoms with Crippen LogP contribution in [0.1, 0.15) is 18.4 Å². The summed E-state index contributed by atoms with van der Waals surface area (Å²) in [7, 11) is 0. The summed E-state index contributed by atoms with van der Waals surface area (Å²) in [4.78, 5) is 1.78. The third-order valence-electron chi connectivity index (χ3n) is 3.33. The van der Waals surface area contributed by atoms with Crippen LogP contribution in [0.2, 0.25) is 0 Å². The summed E-state index contributed by atoms with van der Waals surface area (Å²) in [5.74, 6) is -1.23. The Kier molecular flexibility index (Phi) is 3.41. The predicted molar refractivity (Wildman–Crippen MR) is 66.6 cm³/mol. The molecule has 1 unspecified atom stereocenters. The average Bonchev–Trinajstić information content (AvgIpc) is 2.27. The summed E-state index contributed by atoms with van der Waals surface area (Å²) in [5.41, 5.74) is 8.10. The first-order chi connectivity index (χ1) is 8.36. The highest BCUT2D eigenvalue weighted by atomic mass is 19.4. The van der Waals surface area contributed by atoms with Crippen LogP contribution in [0, 0.1) is 12.8 Å². The molecule has 100 valence electrons. The van der Waals surface area contributed by atoms with Crippen molar-refractivity contribution in [1.82, 2.24) is 0 Å². The van der Waals surface area contributed by atoms with E-state index >= 15 is 0 Å². The summed E-state index contributed by atoms with van der Waals surface area (Å²) >= 11 is 0. The number of anilines is 2. The van der Waals surface area contributed by atoms with Gasteiger partial charge in [-0.3, -0.25) is 0 Å². The number of alkyl halides is 3. The Bertz CT molecular complexity index is 408. The van der Waals surface area contributed by atoms with E-state index in [2.05, 4.69) is 0 Å². The maximum Gasteiger partial charge on any atom is 0.393 e. The van der Waals surface area contributed by atoms with E-state index in [4.69, 9.17) is 5.73 Å². The molecule has 0 aliphatic carbocycles. The molecule has 1 heterocycles. The van der Waals surface area contributed by atoms with Gasteiger partial charge >= 0.3 is 6.18 Å². The molecule has 0 bridgehead atoms. The van der Waals surface area contributed by atoms with Crippen LogP contribution in [-0.2, 0) is 0 Å². The number of aryl methyl sites for hydroxylation is 1. The van der Waals surface area contributed by atoms with Crippen LogP contribution in [0.5, 0.6) is 0 Å². The van der Waals surface area contributed by atoms with Gasteiger partial charge in [0.2, 0.25) is 0 Å². The quantitative estimate of drug-likeness (QED) is 0.783. The smallest absolute Gasteiger partial charge is 0.393 e. The Morgan fingerprint density at radius 3 is 2.61 bits per heavy atom. The molecular formula is C13H17F3N2. The molecule has 0 amide bonds. The zero-order chi connectivity index (χ0) is 13.3. The summed E-state index contributed by atoms with van der Waals surface area (Å²) in [5, 5.41) is 0. The summed E-state index contributed by atoms with van der Waals surface area (Å²) < 4.78 is 38.2. The average molecular weight is 258 g/mol. The Morgan fingerprint density at radius 2 is 2.00 bits per heavy atom. The maximum atomic E-state index is 12.7. The van der Waals surface area contributed by atoms with Gasteiger partial charge in [-0.15, -0.1) is 0 Å². The fraction of sp³-hybridized carbons (Fsp3) is 0.538. The molecule has 1 aliphatic heterocycles. The first-order valence-electron chi connectivity index (χ1n) is 6.05. The number of hydrogen-bond acceptors (Lipinski definition) is 2. The topological polar surface area (TPSA) is 29.3 Å². The zero-order valence-electron chi connectivity index (χ0n) is 10.3. The van der Waals surface area contributed by atoms with Crippen LogP contribution in [0.3, 0.4) is 0 Å². The number of nitrogen functional groups attached to an aromatic ring is 1. The van der Waals surface area contributed by atoms with Gasteiger partial charge in [-0.05, 0) is 43.5 Å². The van der Waals surface area contributed by atoms with E-state index in [0.29, 0.717) is 18.7 Å². The van der Waals surface area contributed by atoms with Crippen LogP contribution >= 0.6 is 0 Å². The molecule has 0 saturated carbocycles. The molecule has 1 aromatic rings. The van der Waals surface area contributed by atoms with Crippen LogP contribution in [-0.4, -0.2) is 19.3 Å². The third-order valence-corrected chi connectivity index (χ3v) is 3.33. The Morgan fingerprint density at radius 1 is 1.28 bits per heavy atom. The number of benzene rings is 1. The minimum atomic E-state index is -4.10. The Labute approximate surface area is 105 Å². The van der Waals surface area contributed by atoms with Crippen LogP contribution in [0.15, 0.2) is 18.2 Å². The van der Waals surface area contributed by atoms with Gasteiger partial charge < -0.3 is 10.6 Å². The van der Waals surface area contributed by atoms with Gasteiger partial charge in [0.05, 0.1) is 5.92 Å². The third kappa shape index (κ3) is 2.89. The van der Waals surface area contributed by atoms with Crippen molar-refractivity contribution >= 4 is 11.4 Å². The predicted octanol–water partition coefficient (Wildman–Crippen LogP) is 3.36. The molecule has 5 heteroatoms. The molecule has 1 aliphatic rings. The number of piperidine rings is 1. The van der Waals surface area contributed by atoms with E-state index in [1.807, 2.05) is 19.1 Å². The molecule has 1 fully saturated rings. The molecule has 2 nitrogen and oxygen atoms in total. The number of nitrogens with zero attached hydrogens (tertiary/aromatic N) is 1. The molecule has 2 rings (SSSR count). The fourth-order valence-corrected chi connectivity index (χ4v) is 2.45. The number of rotatable bonds is 1. The lowest BCUT2D eigenvalue weighted by Crippen LogP contribution is -2.41. The highest BCUT2D eigenvalue weighted by Gasteiger charge is 2.41. The first kappa shape index (κ1) is 13.1. The number of halogens is 3. The van der Waals surface area contributed by atoms with Crippen molar-refractivity contribution in [3.63, 3.8) is 0 Å². The van der Waals surface area contributed by atoms with E-state index in [0.717, 1.165) is 11.3 Å². The SMILES string of the molecule is Cc1cc(N)cc(N2CCCC(C(F)(F)F)C2)c1. The summed E-state index contributed by atoms with van der Waals surface area (Å²) in [6, 6.07) is 5.44. The van der Waals surface area contributed by atoms with Crippen LogP contribution < -0.4 is 10.6 Å². The standard InChI is InChI=1S/C13H17F3N2/c1-9-5-11(17)7-12(6-9)18-4-2-3-10(8-18)13(14,15)16/h5-7,10H,2-4,8,17H2,1H3. The molecule has 2 N–H and O–H groups in total. The molecule has 0 aromatic heterocycles. The Hall–Kier alpha value is -1.39. The molecule has 18 heavy (non-hydrogen) atoms. The highest BCUT2D eigenvalue weighted by molar-refractivity contribution is 5.58. The van der Waals surface area contributed by atoms with Crippen LogP contribution in [0.25, 0.3) is 0 Å². The molecule has 1 saturated heterocycles. The normalized spacial score (nSPS) is 21.1. The minimum absolute atomic E-state index is 0.0341. The second-order valence-corrected chi connectivity index (χ2v) is 4.93. The largest absolute Gasteiger partial charge is 0.399 e. The van der Waals surface area contributed by atoms with Crippen molar-refractivity contribution in [3.05, 3.63) is 23.8 Å². The molecular weight excluding hydrogens is 241 g/mol. The first-order valence-corrected chi connectivity index (χ1v) is 6.05. The van der Waals surface area contributed by atoms with Gasteiger partial charge in [0, 0.05) is 24.5 Å². The lowest BCUT2D eigenvalue weighted by Gasteiger charge is -2.35. The van der Waals surface area contributed by atoms with Gasteiger partial charge in [0.25, 0.3) is 0 Å². The maximum absolute atomic E-state index is 12.7. The van der Waals surface area contributed by atoms with E-state index in [-0.39, 0.29) is 13.0 Å². The van der Waals surface area contributed by atoms with Gasteiger partial charge in [-0.2, -0.15) is 13.2 Å². The second kappa shape index (κ2) is 4.71. The van der Waals surface area contributed by atoms with Gasteiger partial charge in [0.15, 0.2) is 0 Å². The van der Waals surface area contributed by atoms with Gasteiger partial charge in [-0.25, -0.2) is 0 Å². The molecule has 0 radical (unpaired) electrons. The van der Waals surface area contributed by atoms with E-state index < -0.39 is 12.1 Å². The van der Waals surface area contributed by atoms with Crippen molar-refractivity contribution in [2.45, 2.75) is 25.9 Å². The van der Waals surface area contributed by atoms with Gasteiger partial charge in [-0.1, -0.05) is 0 Å². The molecule has 0 spiro atoms. The second-order valence-electron chi connectivity index (χ2n) is 4.93. The summed E-state index contributed by atoms with van der Waals surface area (Å²) in [6.45, 7) is 2.59. The van der Waals surface area contributed by atoms with E-state index in [1.54, 1.807) is 11.0 Å². The molecule has 1 atom stereocenters. The highest BCUT2D eigenvalue weighted by Crippen LogP contribution is 2.35. The Balaban J connectivity index is 2.18. The van der Waals surface area contributed by atoms with E-state index in [1.165, 1.54) is 0 Å². The summed E-state index contributed by atoms with van der Waals surface area (Å²) in [6.07, 6.45) is -3.31. The lowest BCUT2D eigenvalue weighted by atomic mass is 9.97. The monoisotopic (exact) mass is 258 g/mol. The van der Waals surface area contributed by atoms with Gasteiger partial charge in [0.1, 0.15) is 0 Å². The lowest BCUT2D eigenvalue weighted by molar-refractivity contribution is -0.175. The van der Waals surface area contributed by atoms with Crippen molar-refractivity contribution in [2.24, 2.45) is 5.92 Å². The number of hydrogen-bond donors (Lipinski definition) is 1. The fourth-order valence-electron chi connectivity index (χ4n) is 2.45. The minimum Gasteiger partial charge on any atom is -0.399 e.